The molecule has 3 amide bonds. The minimum Gasteiger partial charge on any atom is -0.348 e. The Bertz CT molecular complexity index is 1030. The van der Waals surface area contributed by atoms with Crippen LogP contribution >= 0.6 is 0 Å². The molecule has 4 N–H and O–H groups in total. The van der Waals surface area contributed by atoms with Gasteiger partial charge in [-0.05, 0) is 35.9 Å². The van der Waals surface area contributed by atoms with E-state index in [2.05, 4.69) is 20.9 Å². The predicted molar refractivity (Wildman–Crippen MR) is 105 cm³/mol. The molecule has 0 radical (unpaired) electrons. The topological polar surface area (TPSA) is 86.0 Å². The Kier molecular flexibility index (Phi) is 5.58. The number of aromatic nitrogens is 1. The Hall–Kier alpha value is -3.75. The van der Waals surface area contributed by atoms with Gasteiger partial charge in [-0.3, -0.25) is 4.79 Å². The summed E-state index contributed by atoms with van der Waals surface area (Å²) in [7, 11) is 0. The standard InChI is InChI=1S/C20H17F3N4O2/c1-12(28)25-18-10-14(11-24-18)13-6-8-15(9-7-13)26-19(29)27-17-5-3-2-4-16(17)20(21,22)23/h2-11,24H,1H3,(H,25,28)(H2,26,27,29). The van der Waals surface area contributed by atoms with Gasteiger partial charge in [0.25, 0.3) is 0 Å². The summed E-state index contributed by atoms with van der Waals surface area (Å²) in [6.07, 6.45) is -2.85. The fourth-order valence-electron chi connectivity index (χ4n) is 2.69. The molecule has 0 saturated heterocycles. The summed E-state index contributed by atoms with van der Waals surface area (Å²) in [6, 6.07) is 12.4. The molecule has 150 valence electrons. The van der Waals surface area contributed by atoms with Gasteiger partial charge in [0.2, 0.25) is 5.91 Å². The van der Waals surface area contributed by atoms with E-state index in [1.165, 1.54) is 25.1 Å². The number of urea groups is 1. The van der Waals surface area contributed by atoms with Crippen molar-refractivity contribution in [2.75, 3.05) is 16.0 Å². The molecule has 0 bridgehead atoms. The van der Waals surface area contributed by atoms with Crippen LogP contribution in [0.3, 0.4) is 0 Å². The van der Waals surface area contributed by atoms with Crippen molar-refractivity contribution in [2.24, 2.45) is 0 Å². The van der Waals surface area contributed by atoms with Gasteiger partial charge in [0.1, 0.15) is 5.82 Å². The first-order valence-electron chi connectivity index (χ1n) is 8.53. The SMILES string of the molecule is CC(=O)Nc1cc(-c2ccc(NC(=O)Nc3ccccc3C(F)(F)F)cc2)c[nH]1. The molecule has 3 aromatic rings. The smallest absolute Gasteiger partial charge is 0.348 e. The predicted octanol–water partition coefficient (Wildman–Crippen LogP) is 5.30. The van der Waals surface area contributed by atoms with E-state index in [-0.39, 0.29) is 11.6 Å². The minimum absolute atomic E-state index is 0.198. The molecule has 6 nitrogen and oxygen atoms in total. The highest BCUT2D eigenvalue weighted by molar-refractivity contribution is 6.00. The number of para-hydroxylation sites is 1. The lowest BCUT2D eigenvalue weighted by Gasteiger charge is -2.14. The average molecular weight is 402 g/mol. The number of carbonyl (C=O) groups is 2. The number of hydrogen-bond donors (Lipinski definition) is 4. The summed E-state index contributed by atoms with van der Waals surface area (Å²) in [5, 5.41) is 7.35. The summed E-state index contributed by atoms with van der Waals surface area (Å²) in [5.74, 6) is 0.355. The average Bonchev–Trinajstić information content (AvgIpc) is 3.09. The second kappa shape index (κ2) is 8.09. The highest BCUT2D eigenvalue weighted by Gasteiger charge is 2.33. The lowest BCUT2D eigenvalue weighted by molar-refractivity contribution is -0.136. The Balaban J connectivity index is 1.67. The lowest BCUT2D eigenvalue weighted by atomic mass is 10.1. The van der Waals surface area contributed by atoms with Crippen LogP contribution in [0.2, 0.25) is 0 Å². The maximum Gasteiger partial charge on any atom is 0.418 e. The van der Waals surface area contributed by atoms with E-state index in [0.29, 0.717) is 11.5 Å². The number of anilines is 3. The van der Waals surface area contributed by atoms with Gasteiger partial charge in [-0.15, -0.1) is 0 Å². The van der Waals surface area contributed by atoms with E-state index < -0.39 is 17.8 Å². The second-order valence-electron chi connectivity index (χ2n) is 6.18. The Labute approximate surface area is 164 Å². The Morgan fingerprint density at radius 3 is 2.24 bits per heavy atom. The third-order valence-corrected chi connectivity index (χ3v) is 3.95. The first-order valence-corrected chi connectivity index (χ1v) is 8.53. The number of benzene rings is 2. The van der Waals surface area contributed by atoms with Crippen molar-refractivity contribution < 1.29 is 22.8 Å². The van der Waals surface area contributed by atoms with Crippen molar-refractivity contribution in [3.63, 3.8) is 0 Å². The monoisotopic (exact) mass is 402 g/mol. The van der Waals surface area contributed by atoms with Crippen molar-refractivity contribution in [1.82, 2.24) is 4.98 Å². The third kappa shape index (κ3) is 5.16. The van der Waals surface area contributed by atoms with Gasteiger partial charge >= 0.3 is 12.2 Å². The number of H-pyrrole nitrogens is 1. The molecule has 0 aliphatic heterocycles. The number of nitrogens with one attached hydrogen (secondary N) is 4. The van der Waals surface area contributed by atoms with Crippen LogP contribution in [-0.4, -0.2) is 16.9 Å². The molecule has 9 heteroatoms. The highest BCUT2D eigenvalue weighted by atomic mass is 19.4. The van der Waals surface area contributed by atoms with Gasteiger partial charge in [0.15, 0.2) is 0 Å². The lowest BCUT2D eigenvalue weighted by Crippen LogP contribution is -2.21. The van der Waals surface area contributed by atoms with Gasteiger partial charge in [-0.25, -0.2) is 4.79 Å². The molecule has 2 aromatic carbocycles. The summed E-state index contributed by atoms with van der Waals surface area (Å²) >= 11 is 0. The van der Waals surface area contributed by atoms with Crippen LogP contribution < -0.4 is 16.0 Å². The number of hydrogen-bond acceptors (Lipinski definition) is 2. The molecule has 0 atom stereocenters. The molecular weight excluding hydrogens is 385 g/mol. The van der Waals surface area contributed by atoms with Crippen LogP contribution in [0.15, 0.2) is 60.8 Å². The zero-order valence-corrected chi connectivity index (χ0v) is 15.2. The van der Waals surface area contributed by atoms with Crippen LogP contribution in [0.25, 0.3) is 11.1 Å². The normalized spacial score (nSPS) is 11.0. The molecule has 0 saturated carbocycles. The molecular formula is C20H17F3N4O2. The number of carbonyl (C=O) groups excluding carboxylic acids is 2. The van der Waals surface area contributed by atoms with E-state index in [1.807, 2.05) is 0 Å². The van der Waals surface area contributed by atoms with E-state index in [0.717, 1.165) is 17.2 Å². The van der Waals surface area contributed by atoms with Gasteiger partial charge in [0, 0.05) is 24.4 Å². The molecule has 0 spiro atoms. The van der Waals surface area contributed by atoms with Crippen molar-refractivity contribution >= 4 is 29.1 Å². The fraction of sp³-hybridized carbons (Fsp3) is 0.100. The van der Waals surface area contributed by atoms with Crippen molar-refractivity contribution in [3.05, 3.63) is 66.4 Å². The summed E-state index contributed by atoms with van der Waals surface area (Å²) in [6.45, 7) is 1.40. The number of aromatic amines is 1. The highest BCUT2D eigenvalue weighted by Crippen LogP contribution is 2.34. The van der Waals surface area contributed by atoms with Crippen molar-refractivity contribution in [2.45, 2.75) is 13.1 Å². The number of rotatable bonds is 4. The number of alkyl halides is 3. The molecule has 0 aliphatic rings. The molecule has 3 rings (SSSR count). The first kappa shape index (κ1) is 20.0. The van der Waals surface area contributed by atoms with E-state index >= 15 is 0 Å². The summed E-state index contributed by atoms with van der Waals surface area (Å²) in [5.41, 5.74) is 0.809. The maximum atomic E-state index is 13.0. The zero-order valence-electron chi connectivity index (χ0n) is 15.2. The summed E-state index contributed by atoms with van der Waals surface area (Å²) < 4.78 is 39.0. The van der Waals surface area contributed by atoms with Gasteiger partial charge < -0.3 is 20.9 Å². The number of halogens is 3. The molecule has 1 heterocycles. The van der Waals surface area contributed by atoms with Crippen LogP contribution in [0, 0.1) is 0 Å². The van der Waals surface area contributed by atoms with Crippen LogP contribution in [0.4, 0.5) is 35.2 Å². The molecule has 1 aromatic heterocycles. The largest absolute Gasteiger partial charge is 0.418 e. The van der Waals surface area contributed by atoms with Crippen LogP contribution in [0.1, 0.15) is 12.5 Å². The van der Waals surface area contributed by atoms with Crippen molar-refractivity contribution in [3.8, 4) is 11.1 Å². The van der Waals surface area contributed by atoms with Gasteiger partial charge in [0.05, 0.1) is 11.3 Å². The second-order valence-corrected chi connectivity index (χ2v) is 6.18. The first-order chi connectivity index (χ1) is 13.7. The molecule has 0 fully saturated rings. The number of amides is 3. The maximum absolute atomic E-state index is 13.0. The Morgan fingerprint density at radius 2 is 1.59 bits per heavy atom. The van der Waals surface area contributed by atoms with E-state index in [4.69, 9.17) is 0 Å². The van der Waals surface area contributed by atoms with E-state index in [1.54, 1.807) is 36.5 Å². The Morgan fingerprint density at radius 1 is 0.897 bits per heavy atom. The van der Waals surface area contributed by atoms with Gasteiger partial charge in [-0.2, -0.15) is 13.2 Å². The van der Waals surface area contributed by atoms with Gasteiger partial charge in [-0.1, -0.05) is 24.3 Å². The van der Waals surface area contributed by atoms with Crippen molar-refractivity contribution in [1.29, 1.82) is 0 Å². The summed E-state index contributed by atoms with van der Waals surface area (Å²) in [4.78, 5) is 26.1. The van der Waals surface area contributed by atoms with E-state index in [9.17, 15) is 22.8 Å². The molecule has 0 aliphatic carbocycles. The molecule has 29 heavy (non-hydrogen) atoms. The third-order valence-electron chi connectivity index (χ3n) is 3.95. The zero-order chi connectivity index (χ0) is 21.0. The minimum atomic E-state index is -4.57. The van der Waals surface area contributed by atoms with Crippen LogP contribution in [-0.2, 0) is 11.0 Å². The van der Waals surface area contributed by atoms with Crippen LogP contribution in [0.5, 0.6) is 0 Å². The quantitative estimate of drug-likeness (QED) is 0.477. The molecule has 0 unspecified atom stereocenters. The fourth-order valence-corrected chi connectivity index (χ4v) is 2.69.